The van der Waals surface area contributed by atoms with Crippen LogP contribution in [0.2, 0.25) is 0 Å². The van der Waals surface area contributed by atoms with Crippen molar-refractivity contribution in [2.75, 3.05) is 24.6 Å². The van der Waals surface area contributed by atoms with Crippen molar-refractivity contribution in [3.05, 3.63) is 18.0 Å². The summed E-state index contributed by atoms with van der Waals surface area (Å²) in [7, 11) is -3.26. The van der Waals surface area contributed by atoms with Gasteiger partial charge in [-0.25, -0.2) is 8.42 Å². The molecular formula is C17H26N4O4S. The van der Waals surface area contributed by atoms with E-state index in [1.165, 1.54) is 0 Å². The minimum absolute atomic E-state index is 0.0450. The van der Waals surface area contributed by atoms with E-state index in [4.69, 9.17) is 0 Å². The molecule has 8 nitrogen and oxygen atoms in total. The second kappa shape index (κ2) is 7.02. The highest BCUT2D eigenvalue weighted by Gasteiger charge is 2.49. The van der Waals surface area contributed by atoms with Gasteiger partial charge in [-0.05, 0) is 13.0 Å². The van der Waals surface area contributed by atoms with Gasteiger partial charge in [0.2, 0.25) is 11.8 Å². The number of nitrogens with zero attached hydrogens (tertiary/aromatic N) is 4. The molecule has 0 N–H and O–H groups in total. The van der Waals surface area contributed by atoms with Crippen molar-refractivity contribution in [2.45, 2.75) is 45.8 Å². The summed E-state index contributed by atoms with van der Waals surface area (Å²) in [6.07, 6.45) is 1.96. The number of hydrogen-bond donors (Lipinski definition) is 0. The molecule has 0 saturated carbocycles. The largest absolute Gasteiger partial charge is 0.335 e. The van der Waals surface area contributed by atoms with E-state index in [0.717, 1.165) is 5.69 Å². The summed E-state index contributed by atoms with van der Waals surface area (Å²) in [5.74, 6) is -0.437. The molecule has 2 aliphatic heterocycles. The molecule has 9 heteroatoms. The van der Waals surface area contributed by atoms with E-state index in [1.807, 2.05) is 26.8 Å². The van der Waals surface area contributed by atoms with E-state index in [1.54, 1.807) is 20.7 Å². The number of sulfone groups is 1. The van der Waals surface area contributed by atoms with Gasteiger partial charge in [0.25, 0.3) is 0 Å². The molecule has 3 heterocycles. The minimum Gasteiger partial charge on any atom is -0.335 e. The summed E-state index contributed by atoms with van der Waals surface area (Å²) in [5, 5.41) is 4.17. The molecule has 2 saturated heterocycles. The van der Waals surface area contributed by atoms with E-state index in [9.17, 15) is 18.0 Å². The van der Waals surface area contributed by atoms with Crippen molar-refractivity contribution in [2.24, 2.45) is 5.92 Å². The van der Waals surface area contributed by atoms with Gasteiger partial charge in [-0.2, -0.15) is 5.10 Å². The number of carbonyl (C=O) groups is 2. The predicted molar refractivity (Wildman–Crippen MR) is 96.1 cm³/mol. The number of hydrogen-bond acceptors (Lipinski definition) is 5. The van der Waals surface area contributed by atoms with Crippen LogP contribution in [-0.2, 0) is 26.0 Å². The highest BCUT2D eigenvalue weighted by atomic mass is 32.2. The quantitative estimate of drug-likeness (QED) is 0.735. The number of amides is 2. The van der Waals surface area contributed by atoms with Gasteiger partial charge >= 0.3 is 0 Å². The Labute approximate surface area is 154 Å². The maximum Gasteiger partial charge on any atom is 0.225 e. The highest BCUT2D eigenvalue weighted by molar-refractivity contribution is 7.91. The number of rotatable bonds is 4. The molecule has 26 heavy (non-hydrogen) atoms. The molecule has 0 aliphatic carbocycles. The molecule has 0 unspecified atom stereocenters. The Morgan fingerprint density at radius 3 is 2.38 bits per heavy atom. The lowest BCUT2D eigenvalue weighted by atomic mass is 10.0. The number of aromatic nitrogens is 2. The van der Waals surface area contributed by atoms with Gasteiger partial charge in [0.15, 0.2) is 9.84 Å². The van der Waals surface area contributed by atoms with Crippen molar-refractivity contribution in [3.8, 4) is 0 Å². The predicted octanol–water partition coefficient (Wildman–Crippen LogP) is 0.0740. The maximum atomic E-state index is 12.8. The third kappa shape index (κ3) is 3.62. The molecular weight excluding hydrogens is 356 g/mol. The Hall–Kier alpha value is -1.90. The third-order valence-electron chi connectivity index (χ3n) is 5.24. The second-order valence-electron chi connectivity index (χ2n) is 7.43. The summed E-state index contributed by atoms with van der Waals surface area (Å²) in [4.78, 5) is 28.6. The average molecular weight is 382 g/mol. The van der Waals surface area contributed by atoms with Crippen LogP contribution in [0.25, 0.3) is 0 Å². The van der Waals surface area contributed by atoms with Crippen LogP contribution >= 0.6 is 0 Å². The minimum atomic E-state index is -3.26. The Balaban J connectivity index is 1.74. The second-order valence-corrected chi connectivity index (χ2v) is 9.58. The van der Waals surface area contributed by atoms with Gasteiger partial charge in [0.05, 0.1) is 23.6 Å². The number of piperazine rings is 1. The maximum absolute atomic E-state index is 12.8. The lowest BCUT2D eigenvalue weighted by molar-refractivity contribution is -0.147. The Bertz CT molecular complexity index is 801. The van der Waals surface area contributed by atoms with Gasteiger partial charge in [-0.1, -0.05) is 13.8 Å². The normalized spacial score (nSPS) is 24.8. The fraction of sp³-hybridized carbons (Fsp3) is 0.706. The van der Waals surface area contributed by atoms with Crippen LogP contribution in [0.1, 0.15) is 26.0 Å². The SMILES string of the molecule is Cc1ccnn1CCC(=O)N1CCN(C(=O)C(C)C)[C@@H]2CS(=O)(=O)C[C@@H]21. The van der Waals surface area contributed by atoms with Crippen LogP contribution in [-0.4, -0.2) is 76.5 Å². The molecule has 0 spiro atoms. The van der Waals surface area contributed by atoms with Crippen LogP contribution in [0.4, 0.5) is 0 Å². The van der Waals surface area contributed by atoms with Gasteiger partial charge in [-0.15, -0.1) is 0 Å². The van der Waals surface area contributed by atoms with E-state index in [2.05, 4.69) is 5.10 Å². The first-order valence-electron chi connectivity index (χ1n) is 8.98. The van der Waals surface area contributed by atoms with Crippen LogP contribution < -0.4 is 0 Å². The summed E-state index contributed by atoms with van der Waals surface area (Å²) in [6, 6.07) is 1.00. The Morgan fingerprint density at radius 1 is 1.19 bits per heavy atom. The zero-order valence-electron chi connectivity index (χ0n) is 15.5. The van der Waals surface area contributed by atoms with Crippen molar-refractivity contribution in [3.63, 3.8) is 0 Å². The molecule has 0 aromatic carbocycles. The topological polar surface area (TPSA) is 92.6 Å². The Morgan fingerprint density at radius 2 is 1.81 bits per heavy atom. The van der Waals surface area contributed by atoms with Crippen molar-refractivity contribution in [1.82, 2.24) is 19.6 Å². The van der Waals surface area contributed by atoms with Crippen LogP contribution in [0.3, 0.4) is 0 Å². The van der Waals surface area contributed by atoms with Crippen molar-refractivity contribution < 1.29 is 18.0 Å². The standard InChI is InChI=1S/C17H26N4O4S/c1-12(2)17(23)20-9-8-19(14-10-26(24,25)11-15(14)20)16(22)5-7-21-13(3)4-6-18-21/h4,6,12,14-15H,5,7-11H2,1-3H3/t14-,15+/m0/s1. The molecule has 1 aromatic heterocycles. The first kappa shape index (κ1) is 18.9. The number of aryl methyl sites for hydroxylation is 2. The van der Waals surface area contributed by atoms with Gasteiger partial charge in [0.1, 0.15) is 0 Å². The molecule has 3 rings (SSSR count). The molecule has 2 atom stereocenters. The Kier molecular flexibility index (Phi) is 5.09. The zero-order chi connectivity index (χ0) is 19.1. The van der Waals surface area contributed by atoms with E-state index in [-0.39, 0.29) is 35.7 Å². The van der Waals surface area contributed by atoms with Crippen molar-refractivity contribution >= 4 is 21.7 Å². The van der Waals surface area contributed by atoms with Gasteiger partial charge in [0, 0.05) is 43.9 Å². The zero-order valence-corrected chi connectivity index (χ0v) is 16.3. The van der Waals surface area contributed by atoms with E-state index >= 15 is 0 Å². The molecule has 2 amide bonds. The lowest BCUT2D eigenvalue weighted by Gasteiger charge is -2.44. The molecule has 144 valence electrons. The molecule has 1 aromatic rings. The summed E-state index contributed by atoms with van der Waals surface area (Å²) in [6.45, 7) is 6.78. The summed E-state index contributed by atoms with van der Waals surface area (Å²) < 4.78 is 26.2. The molecule has 0 bridgehead atoms. The highest BCUT2D eigenvalue weighted by Crippen LogP contribution is 2.28. The van der Waals surface area contributed by atoms with Crippen LogP contribution in [0.5, 0.6) is 0 Å². The molecule has 2 aliphatic rings. The molecule has 2 fully saturated rings. The van der Waals surface area contributed by atoms with Crippen LogP contribution in [0.15, 0.2) is 12.3 Å². The number of fused-ring (bicyclic) bond motifs is 1. The van der Waals surface area contributed by atoms with Gasteiger partial charge in [-0.3, -0.25) is 14.3 Å². The number of carbonyl (C=O) groups excluding carboxylic acids is 2. The molecule has 0 radical (unpaired) electrons. The van der Waals surface area contributed by atoms with Crippen LogP contribution in [0, 0.1) is 12.8 Å². The summed E-state index contributed by atoms with van der Waals surface area (Å²) >= 11 is 0. The fourth-order valence-corrected chi connectivity index (χ4v) is 5.83. The van der Waals surface area contributed by atoms with Crippen molar-refractivity contribution in [1.29, 1.82) is 0 Å². The first-order valence-corrected chi connectivity index (χ1v) is 10.8. The average Bonchev–Trinajstić information content (AvgIpc) is 3.12. The third-order valence-corrected chi connectivity index (χ3v) is 6.94. The fourth-order valence-electron chi connectivity index (χ4n) is 3.85. The lowest BCUT2D eigenvalue weighted by Crippen LogP contribution is -2.62. The van der Waals surface area contributed by atoms with Gasteiger partial charge < -0.3 is 9.80 Å². The van der Waals surface area contributed by atoms with E-state index in [0.29, 0.717) is 19.6 Å². The first-order chi connectivity index (χ1) is 12.2. The monoisotopic (exact) mass is 382 g/mol. The summed E-state index contributed by atoms with van der Waals surface area (Å²) in [5.41, 5.74) is 0.978. The van der Waals surface area contributed by atoms with E-state index < -0.39 is 21.9 Å². The smallest absolute Gasteiger partial charge is 0.225 e.